The fourth-order valence-electron chi connectivity index (χ4n) is 4.13. The highest BCUT2D eigenvalue weighted by atomic mass is 32.2. The lowest BCUT2D eigenvalue weighted by molar-refractivity contribution is -0.115. The van der Waals surface area contributed by atoms with Gasteiger partial charge in [0.15, 0.2) is 0 Å². The van der Waals surface area contributed by atoms with Crippen molar-refractivity contribution in [2.45, 2.75) is 31.0 Å². The van der Waals surface area contributed by atoms with Gasteiger partial charge in [-0.15, -0.1) is 11.8 Å². The number of halogens is 1. The monoisotopic (exact) mass is 470 g/mol. The van der Waals surface area contributed by atoms with Crippen molar-refractivity contribution in [1.82, 2.24) is 0 Å². The number of aryl methyl sites for hydroxylation is 3. The zero-order chi connectivity index (χ0) is 23.0. The van der Waals surface area contributed by atoms with Gasteiger partial charge in [-0.2, -0.15) is 0 Å². The molecule has 1 N–H and O–H groups in total. The minimum Gasteiger partial charge on any atom is -0.292 e. The van der Waals surface area contributed by atoms with E-state index in [1.807, 2.05) is 25.1 Å². The van der Waals surface area contributed by atoms with Gasteiger partial charge in [-0.3, -0.25) is 14.4 Å². The minimum absolute atomic E-state index is 0.193. The SMILES string of the molecule is Cc1cc(C)c(S(=O)(=O)Nc2cccc([C@H]3SCC(=O)N3c3ccccc3F)c2)c(C)c1. The maximum atomic E-state index is 14.4. The highest BCUT2D eigenvalue weighted by Gasteiger charge is 2.35. The van der Waals surface area contributed by atoms with Crippen molar-refractivity contribution in [2.24, 2.45) is 0 Å². The molecule has 3 aromatic rings. The molecule has 1 amide bonds. The van der Waals surface area contributed by atoms with E-state index in [4.69, 9.17) is 0 Å². The Balaban J connectivity index is 1.67. The molecule has 0 radical (unpaired) electrons. The van der Waals surface area contributed by atoms with Crippen LogP contribution >= 0.6 is 11.8 Å². The fourth-order valence-corrected chi connectivity index (χ4v) is 6.79. The van der Waals surface area contributed by atoms with Gasteiger partial charge in [-0.1, -0.05) is 42.0 Å². The molecule has 1 saturated heterocycles. The molecule has 1 fully saturated rings. The molecule has 0 spiro atoms. The summed E-state index contributed by atoms with van der Waals surface area (Å²) in [4.78, 5) is 14.2. The van der Waals surface area contributed by atoms with Crippen LogP contribution in [-0.4, -0.2) is 20.1 Å². The third kappa shape index (κ3) is 4.25. The van der Waals surface area contributed by atoms with Gasteiger partial charge in [0.25, 0.3) is 10.0 Å². The molecular weight excluding hydrogens is 447 g/mol. The Morgan fingerprint density at radius 1 is 1.00 bits per heavy atom. The summed E-state index contributed by atoms with van der Waals surface area (Å²) < 4.78 is 43.3. The average molecular weight is 471 g/mol. The van der Waals surface area contributed by atoms with Crippen LogP contribution in [0.5, 0.6) is 0 Å². The summed E-state index contributed by atoms with van der Waals surface area (Å²) in [6, 6.07) is 16.7. The second-order valence-electron chi connectivity index (χ2n) is 7.84. The van der Waals surface area contributed by atoms with Crippen LogP contribution in [0.3, 0.4) is 0 Å². The van der Waals surface area contributed by atoms with E-state index in [2.05, 4.69) is 4.72 Å². The molecule has 1 heterocycles. The molecule has 1 aliphatic rings. The second-order valence-corrected chi connectivity index (χ2v) is 10.5. The molecule has 0 aliphatic carbocycles. The van der Waals surface area contributed by atoms with Crippen molar-refractivity contribution < 1.29 is 17.6 Å². The van der Waals surface area contributed by atoms with Gasteiger partial charge < -0.3 is 0 Å². The van der Waals surface area contributed by atoms with Crippen LogP contribution in [0.2, 0.25) is 0 Å². The normalized spacial score (nSPS) is 16.4. The van der Waals surface area contributed by atoms with Crippen LogP contribution in [0, 0.1) is 26.6 Å². The first-order valence-corrected chi connectivity index (χ1v) is 12.6. The lowest BCUT2D eigenvalue weighted by Crippen LogP contribution is -2.28. The van der Waals surface area contributed by atoms with Crippen LogP contribution < -0.4 is 9.62 Å². The van der Waals surface area contributed by atoms with Crippen molar-refractivity contribution in [1.29, 1.82) is 0 Å². The Bertz CT molecular complexity index is 1290. The maximum absolute atomic E-state index is 14.4. The Morgan fingerprint density at radius 3 is 2.38 bits per heavy atom. The number of nitrogens with one attached hydrogen (secondary N) is 1. The van der Waals surface area contributed by atoms with E-state index in [1.165, 1.54) is 22.7 Å². The van der Waals surface area contributed by atoms with E-state index in [-0.39, 0.29) is 22.2 Å². The van der Waals surface area contributed by atoms with Crippen LogP contribution in [0.15, 0.2) is 65.6 Å². The van der Waals surface area contributed by atoms with Gasteiger partial charge in [0.1, 0.15) is 11.2 Å². The van der Waals surface area contributed by atoms with Gasteiger partial charge in [0.2, 0.25) is 5.91 Å². The molecular formula is C24H23FN2O3S2. The van der Waals surface area contributed by atoms with Crippen molar-refractivity contribution in [2.75, 3.05) is 15.4 Å². The van der Waals surface area contributed by atoms with Crippen LogP contribution in [0.4, 0.5) is 15.8 Å². The molecule has 1 aliphatic heterocycles. The number of para-hydroxylation sites is 1. The van der Waals surface area contributed by atoms with Gasteiger partial charge in [-0.05, 0) is 61.7 Å². The van der Waals surface area contributed by atoms with Crippen molar-refractivity contribution >= 4 is 39.1 Å². The Hall–Kier alpha value is -2.84. The maximum Gasteiger partial charge on any atom is 0.262 e. The van der Waals surface area contributed by atoms with Gasteiger partial charge >= 0.3 is 0 Å². The molecule has 1 atom stereocenters. The smallest absolute Gasteiger partial charge is 0.262 e. The van der Waals surface area contributed by atoms with Crippen LogP contribution in [0.1, 0.15) is 27.6 Å². The number of hydrogen-bond acceptors (Lipinski definition) is 4. The summed E-state index contributed by atoms with van der Waals surface area (Å²) in [5.74, 6) is -0.450. The molecule has 5 nitrogen and oxygen atoms in total. The predicted octanol–water partition coefficient (Wildman–Crippen LogP) is 5.33. The van der Waals surface area contributed by atoms with Gasteiger partial charge in [-0.25, -0.2) is 12.8 Å². The van der Waals surface area contributed by atoms with E-state index in [0.717, 1.165) is 5.56 Å². The fraction of sp³-hybridized carbons (Fsp3) is 0.208. The van der Waals surface area contributed by atoms with E-state index >= 15 is 0 Å². The van der Waals surface area contributed by atoms with Gasteiger partial charge in [0.05, 0.1) is 16.3 Å². The van der Waals surface area contributed by atoms with Gasteiger partial charge in [0, 0.05) is 5.69 Å². The Morgan fingerprint density at radius 2 is 1.69 bits per heavy atom. The lowest BCUT2D eigenvalue weighted by atomic mass is 10.1. The van der Waals surface area contributed by atoms with Crippen molar-refractivity contribution in [3.63, 3.8) is 0 Å². The summed E-state index contributed by atoms with van der Waals surface area (Å²) in [5, 5.41) is -0.452. The van der Waals surface area contributed by atoms with Crippen molar-refractivity contribution in [3.8, 4) is 0 Å². The average Bonchev–Trinajstić information content (AvgIpc) is 3.08. The molecule has 8 heteroatoms. The molecule has 0 aromatic heterocycles. The molecule has 0 bridgehead atoms. The minimum atomic E-state index is -3.81. The third-order valence-corrected chi connectivity index (χ3v) is 8.18. The van der Waals surface area contributed by atoms with E-state index in [1.54, 1.807) is 50.2 Å². The van der Waals surface area contributed by atoms with E-state index in [0.29, 0.717) is 22.4 Å². The van der Waals surface area contributed by atoms with Crippen LogP contribution in [-0.2, 0) is 14.8 Å². The second kappa shape index (κ2) is 8.60. The lowest BCUT2D eigenvalue weighted by Gasteiger charge is -2.25. The highest BCUT2D eigenvalue weighted by Crippen LogP contribution is 2.43. The Labute approximate surface area is 191 Å². The summed E-state index contributed by atoms with van der Waals surface area (Å²) in [5.41, 5.74) is 3.65. The summed E-state index contributed by atoms with van der Waals surface area (Å²) in [6.45, 7) is 5.48. The topological polar surface area (TPSA) is 66.5 Å². The molecule has 0 saturated carbocycles. The number of thioether (sulfide) groups is 1. The number of benzene rings is 3. The number of sulfonamides is 1. The third-order valence-electron chi connectivity index (χ3n) is 5.28. The highest BCUT2D eigenvalue weighted by molar-refractivity contribution is 8.00. The summed E-state index contributed by atoms with van der Waals surface area (Å²) in [7, 11) is -3.81. The predicted molar refractivity (Wildman–Crippen MR) is 127 cm³/mol. The number of carbonyl (C=O) groups excluding carboxylic acids is 1. The molecule has 3 aromatic carbocycles. The zero-order valence-corrected chi connectivity index (χ0v) is 19.6. The first-order chi connectivity index (χ1) is 15.2. The largest absolute Gasteiger partial charge is 0.292 e. The quantitative estimate of drug-likeness (QED) is 0.547. The molecule has 166 valence electrons. The summed E-state index contributed by atoms with van der Waals surface area (Å²) >= 11 is 1.38. The van der Waals surface area contributed by atoms with E-state index in [9.17, 15) is 17.6 Å². The van der Waals surface area contributed by atoms with E-state index < -0.39 is 21.2 Å². The standard InChI is InChI=1S/C24H23FN2O3S2/c1-15-11-16(2)23(17(3)12-15)32(29,30)26-19-8-6-7-18(13-19)24-27(22(28)14-31-24)21-10-5-4-9-20(21)25/h4-13,24,26H,14H2,1-3H3/t24-/m1/s1. The number of nitrogens with zero attached hydrogens (tertiary/aromatic N) is 1. The number of carbonyl (C=O) groups is 1. The number of anilines is 2. The number of rotatable bonds is 5. The molecule has 32 heavy (non-hydrogen) atoms. The molecule has 4 rings (SSSR count). The zero-order valence-electron chi connectivity index (χ0n) is 17.9. The number of amides is 1. The van der Waals surface area contributed by atoms with Crippen LogP contribution in [0.25, 0.3) is 0 Å². The first-order valence-electron chi connectivity index (χ1n) is 10.1. The Kier molecular flexibility index (Phi) is 6.01. The number of hydrogen-bond donors (Lipinski definition) is 1. The first kappa shape index (κ1) is 22.4. The van der Waals surface area contributed by atoms with Crippen molar-refractivity contribution in [3.05, 3.63) is 88.7 Å². The molecule has 0 unspecified atom stereocenters. The summed E-state index contributed by atoms with van der Waals surface area (Å²) in [6.07, 6.45) is 0.